The molecule has 2 bridgehead atoms. The molecule has 0 fully saturated rings. The number of fused-ring (bicyclic) bond motifs is 5. The normalized spacial score (nSPS) is 37.6. The smallest absolute Gasteiger partial charge is 0.112 e. The lowest BCUT2D eigenvalue weighted by molar-refractivity contribution is 0.0309. The van der Waals surface area contributed by atoms with Crippen LogP contribution in [-0.4, -0.2) is 7.11 Å². The van der Waals surface area contributed by atoms with Crippen LogP contribution in [0.3, 0.4) is 0 Å². The summed E-state index contributed by atoms with van der Waals surface area (Å²) in [4.78, 5) is 0. The molecule has 72 valence electrons. The van der Waals surface area contributed by atoms with E-state index in [0.717, 1.165) is 6.42 Å². The molecule has 0 N–H and O–H groups in total. The number of methoxy groups -OCH3 is 1. The predicted molar refractivity (Wildman–Crippen MR) is 56.2 cm³/mol. The summed E-state index contributed by atoms with van der Waals surface area (Å²) < 4.78 is 5.69. The van der Waals surface area contributed by atoms with Crippen LogP contribution in [0, 0.1) is 0 Å². The molecule has 0 saturated heterocycles. The van der Waals surface area contributed by atoms with Gasteiger partial charge in [-0.2, -0.15) is 0 Å². The van der Waals surface area contributed by atoms with Gasteiger partial charge in [0.05, 0.1) is 0 Å². The van der Waals surface area contributed by atoms with Crippen molar-refractivity contribution in [1.82, 2.24) is 0 Å². The van der Waals surface area contributed by atoms with Crippen molar-refractivity contribution in [2.75, 3.05) is 7.11 Å². The molecule has 1 nitrogen and oxygen atoms in total. The van der Waals surface area contributed by atoms with Crippen LogP contribution in [0.5, 0.6) is 0 Å². The first-order chi connectivity index (χ1) is 6.70. The Morgan fingerprint density at radius 1 is 1.14 bits per heavy atom. The minimum atomic E-state index is -0.134. The maximum Gasteiger partial charge on any atom is 0.112 e. The zero-order valence-corrected chi connectivity index (χ0v) is 8.58. The Morgan fingerprint density at radius 3 is 2.57 bits per heavy atom. The minimum Gasteiger partial charge on any atom is -0.369 e. The molecular weight excluding hydrogens is 172 g/mol. The van der Waals surface area contributed by atoms with Crippen molar-refractivity contribution in [3.63, 3.8) is 0 Å². The highest BCUT2D eigenvalue weighted by Crippen LogP contribution is 2.56. The molecule has 2 unspecified atom stereocenters. The molecular formula is C13H14O. The van der Waals surface area contributed by atoms with Crippen LogP contribution in [0.2, 0.25) is 0 Å². The molecule has 0 heterocycles. The number of ether oxygens (including phenoxy) is 1. The highest BCUT2D eigenvalue weighted by molar-refractivity contribution is 5.54. The van der Waals surface area contributed by atoms with Crippen LogP contribution >= 0.6 is 0 Å². The lowest BCUT2D eigenvalue weighted by Crippen LogP contribution is -2.20. The maximum atomic E-state index is 5.69. The van der Waals surface area contributed by atoms with Gasteiger partial charge in [0.2, 0.25) is 0 Å². The summed E-state index contributed by atoms with van der Waals surface area (Å²) in [5, 5.41) is 0. The third-order valence-electron chi connectivity index (χ3n) is 3.71. The van der Waals surface area contributed by atoms with Crippen LogP contribution in [0.1, 0.15) is 24.5 Å². The Balaban J connectivity index is 2.30. The fourth-order valence-corrected chi connectivity index (χ4v) is 2.95. The topological polar surface area (TPSA) is 9.23 Å². The first-order valence-corrected chi connectivity index (χ1v) is 5.06. The first kappa shape index (κ1) is 8.25. The van der Waals surface area contributed by atoms with Crippen LogP contribution in [0.25, 0.3) is 0 Å². The number of hydrogen-bond acceptors (Lipinski definition) is 1. The van der Waals surface area contributed by atoms with E-state index < -0.39 is 0 Å². The Morgan fingerprint density at radius 2 is 1.86 bits per heavy atom. The van der Waals surface area contributed by atoms with Crippen molar-refractivity contribution in [3.05, 3.63) is 47.5 Å². The van der Waals surface area contributed by atoms with E-state index in [1.54, 1.807) is 7.11 Å². The second kappa shape index (κ2) is 2.29. The van der Waals surface area contributed by atoms with E-state index in [1.807, 2.05) is 0 Å². The lowest BCUT2D eigenvalue weighted by atomic mass is 9.85. The van der Waals surface area contributed by atoms with Gasteiger partial charge in [-0.15, -0.1) is 0 Å². The van der Waals surface area contributed by atoms with Gasteiger partial charge in [0, 0.05) is 12.5 Å². The van der Waals surface area contributed by atoms with Gasteiger partial charge >= 0.3 is 0 Å². The molecule has 0 aliphatic heterocycles. The zero-order valence-electron chi connectivity index (χ0n) is 8.58. The molecule has 2 aliphatic rings. The maximum absolute atomic E-state index is 5.69. The molecule has 0 radical (unpaired) electrons. The lowest BCUT2D eigenvalue weighted by Gasteiger charge is -2.23. The number of allylic oxidation sites excluding steroid dienone is 1. The average Bonchev–Trinajstić information content (AvgIpc) is 2.70. The molecule has 1 heteroatoms. The zero-order chi connectivity index (χ0) is 9.81. The standard InChI is InChI=1S/C13H14O/c1-12-7-8-13(9-12,14-2)11-6-4-3-5-10(11)12/h3-8H,9H2,1-2H3. The third-order valence-corrected chi connectivity index (χ3v) is 3.71. The summed E-state index contributed by atoms with van der Waals surface area (Å²) in [7, 11) is 1.80. The molecule has 3 rings (SSSR count). The summed E-state index contributed by atoms with van der Waals surface area (Å²) in [6, 6.07) is 8.62. The summed E-state index contributed by atoms with van der Waals surface area (Å²) >= 11 is 0. The minimum absolute atomic E-state index is 0.134. The molecule has 0 aromatic heterocycles. The molecule has 1 aromatic carbocycles. The Bertz CT molecular complexity index is 421. The SMILES string of the molecule is COC12C=CC(C)(C1)c1ccccc12. The second-order valence-electron chi connectivity index (χ2n) is 4.57. The largest absolute Gasteiger partial charge is 0.369 e. The van der Waals surface area contributed by atoms with E-state index in [9.17, 15) is 0 Å². The van der Waals surface area contributed by atoms with E-state index in [4.69, 9.17) is 4.74 Å². The van der Waals surface area contributed by atoms with Crippen molar-refractivity contribution < 1.29 is 4.74 Å². The highest BCUT2D eigenvalue weighted by Gasteiger charge is 2.51. The first-order valence-electron chi connectivity index (χ1n) is 5.06. The van der Waals surface area contributed by atoms with Gasteiger partial charge in [0.15, 0.2) is 0 Å². The molecule has 0 saturated carbocycles. The monoisotopic (exact) mass is 186 g/mol. The van der Waals surface area contributed by atoms with Gasteiger partial charge in [-0.05, 0) is 17.5 Å². The Labute approximate surface area is 84.4 Å². The summed E-state index contributed by atoms with van der Waals surface area (Å²) in [5.74, 6) is 0. The third kappa shape index (κ3) is 0.747. The van der Waals surface area contributed by atoms with E-state index in [2.05, 4.69) is 43.3 Å². The van der Waals surface area contributed by atoms with Crippen molar-refractivity contribution >= 4 is 0 Å². The highest BCUT2D eigenvalue weighted by atomic mass is 16.5. The molecule has 2 atom stereocenters. The van der Waals surface area contributed by atoms with E-state index >= 15 is 0 Å². The predicted octanol–water partition coefficient (Wildman–Crippen LogP) is 2.76. The average molecular weight is 186 g/mol. The summed E-state index contributed by atoms with van der Waals surface area (Å²) in [6.07, 6.45) is 5.57. The molecule has 1 aromatic rings. The molecule has 14 heavy (non-hydrogen) atoms. The summed E-state index contributed by atoms with van der Waals surface area (Å²) in [6.45, 7) is 2.29. The number of rotatable bonds is 1. The van der Waals surface area contributed by atoms with Crippen LogP contribution in [-0.2, 0) is 15.8 Å². The molecule has 2 aliphatic carbocycles. The fourth-order valence-electron chi connectivity index (χ4n) is 2.95. The van der Waals surface area contributed by atoms with Crippen molar-refractivity contribution in [3.8, 4) is 0 Å². The quantitative estimate of drug-likeness (QED) is 0.613. The van der Waals surface area contributed by atoms with Gasteiger partial charge in [-0.1, -0.05) is 43.3 Å². The Kier molecular flexibility index (Phi) is 1.35. The Hall–Kier alpha value is -1.08. The van der Waals surface area contributed by atoms with Crippen LogP contribution in [0.4, 0.5) is 0 Å². The van der Waals surface area contributed by atoms with Gasteiger partial charge in [-0.3, -0.25) is 0 Å². The second-order valence-corrected chi connectivity index (χ2v) is 4.57. The van der Waals surface area contributed by atoms with Crippen LogP contribution in [0.15, 0.2) is 36.4 Å². The summed E-state index contributed by atoms with van der Waals surface area (Å²) in [5.41, 5.74) is 2.86. The molecule has 0 amide bonds. The fraction of sp³-hybridized carbons (Fsp3) is 0.385. The van der Waals surface area contributed by atoms with E-state index in [1.165, 1.54) is 11.1 Å². The van der Waals surface area contributed by atoms with Gasteiger partial charge in [0.1, 0.15) is 5.60 Å². The van der Waals surface area contributed by atoms with Crippen LogP contribution < -0.4 is 0 Å². The number of hydrogen-bond donors (Lipinski definition) is 0. The molecule has 0 spiro atoms. The van der Waals surface area contributed by atoms with Gasteiger partial charge in [-0.25, -0.2) is 0 Å². The van der Waals surface area contributed by atoms with Gasteiger partial charge in [0.25, 0.3) is 0 Å². The van der Waals surface area contributed by atoms with Crippen molar-refractivity contribution in [1.29, 1.82) is 0 Å². The van der Waals surface area contributed by atoms with E-state index in [-0.39, 0.29) is 11.0 Å². The van der Waals surface area contributed by atoms with Gasteiger partial charge < -0.3 is 4.74 Å². The van der Waals surface area contributed by atoms with Crippen molar-refractivity contribution in [2.24, 2.45) is 0 Å². The van der Waals surface area contributed by atoms with E-state index in [0.29, 0.717) is 0 Å². The number of benzene rings is 1. The van der Waals surface area contributed by atoms with Crippen molar-refractivity contribution in [2.45, 2.75) is 24.4 Å².